The fraction of sp³-hybridized carbons (Fsp3) is 0.429. The summed E-state index contributed by atoms with van der Waals surface area (Å²) in [6, 6.07) is 15.2. The second kappa shape index (κ2) is 10.6. The summed E-state index contributed by atoms with van der Waals surface area (Å²) in [6.45, 7) is 4.27. The average Bonchev–Trinajstić information content (AvgIpc) is 3.30. The Morgan fingerprint density at radius 1 is 1.13 bits per heavy atom. The zero-order chi connectivity index (χ0) is 26.2. The van der Waals surface area contributed by atoms with E-state index in [1.165, 1.54) is 11.8 Å². The van der Waals surface area contributed by atoms with Gasteiger partial charge in [0, 0.05) is 43.5 Å². The third kappa shape index (κ3) is 4.77. The van der Waals surface area contributed by atoms with Crippen molar-refractivity contribution in [2.45, 2.75) is 43.3 Å². The van der Waals surface area contributed by atoms with Crippen LogP contribution in [-0.4, -0.2) is 62.2 Å². The Balaban J connectivity index is 1.23. The Hall–Kier alpha value is -3.05. The van der Waals surface area contributed by atoms with Crippen molar-refractivity contribution >= 4 is 29.4 Å². The van der Waals surface area contributed by atoms with E-state index in [-0.39, 0.29) is 41.4 Å². The molecule has 2 aromatic carbocycles. The quantitative estimate of drug-likeness (QED) is 0.451. The second-order valence-electron chi connectivity index (χ2n) is 10.2. The molecule has 0 spiro atoms. The van der Waals surface area contributed by atoms with Gasteiger partial charge in [0.1, 0.15) is 11.5 Å². The van der Waals surface area contributed by atoms with E-state index in [1.54, 1.807) is 7.11 Å². The molecule has 0 aliphatic carbocycles. The zero-order valence-electron chi connectivity index (χ0n) is 21.5. The summed E-state index contributed by atoms with van der Waals surface area (Å²) in [7, 11) is 1.69. The van der Waals surface area contributed by atoms with Crippen molar-refractivity contribution in [1.82, 2.24) is 21.3 Å². The first-order chi connectivity index (χ1) is 18.5. The van der Waals surface area contributed by atoms with Crippen molar-refractivity contribution in [3.63, 3.8) is 0 Å². The van der Waals surface area contributed by atoms with Crippen LogP contribution >= 0.6 is 11.8 Å². The van der Waals surface area contributed by atoms with Crippen LogP contribution in [0.1, 0.15) is 18.4 Å². The largest absolute Gasteiger partial charge is 0.457 e. The first-order valence-corrected chi connectivity index (χ1v) is 14.0. The van der Waals surface area contributed by atoms with Crippen LogP contribution in [0, 0.1) is 12.8 Å². The lowest BCUT2D eigenvalue weighted by Crippen LogP contribution is -2.62. The van der Waals surface area contributed by atoms with Gasteiger partial charge in [0.2, 0.25) is 0 Å². The maximum absolute atomic E-state index is 13.6. The van der Waals surface area contributed by atoms with E-state index in [9.17, 15) is 9.59 Å². The molecule has 4 aliphatic heterocycles. The minimum absolute atomic E-state index is 0.00282. The number of ether oxygens (including phenoxy) is 2. The number of methoxy groups -OCH3 is 1. The molecule has 3 amide bonds. The van der Waals surface area contributed by atoms with Crippen LogP contribution in [0.25, 0.3) is 0 Å². The van der Waals surface area contributed by atoms with E-state index in [0.29, 0.717) is 11.4 Å². The summed E-state index contributed by atoms with van der Waals surface area (Å²) < 4.78 is 11.5. The topological polar surface area (TPSA) is 104 Å². The molecular formula is C28H33N5O4S. The van der Waals surface area contributed by atoms with E-state index in [0.717, 1.165) is 54.4 Å². The minimum atomic E-state index is -0.201. The van der Waals surface area contributed by atoms with Gasteiger partial charge in [-0.3, -0.25) is 9.69 Å². The second-order valence-corrected chi connectivity index (χ2v) is 11.4. The number of amides is 3. The smallest absolute Gasteiger partial charge is 0.326 e. The summed E-state index contributed by atoms with van der Waals surface area (Å²) >= 11 is 1.52. The van der Waals surface area contributed by atoms with Gasteiger partial charge in [-0.2, -0.15) is 0 Å². The van der Waals surface area contributed by atoms with Crippen molar-refractivity contribution in [2.75, 3.05) is 31.6 Å². The molecule has 10 heteroatoms. The molecular weight excluding hydrogens is 502 g/mol. The predicted octanol–water partition coefficient (Wildman–Crippen LogP) is 3.07. The standard InChI is InChI=1S/C28H33N5O4S/c1-16-12-19(37-18-6-4-3-5-7-18)8-9-21(16)33-22-10-11-30-27-23(22)24(32-28(33)35)25(38-27)26(34)31-17-13-20(36-2)15-29-14-17/h3-9,12,17,20,22-23,27,29-30H,10-11,13-15H2,1-2H3,(H,31,34)(H,32,35)/t17-,20-,22?,23?,27?/m1/s1. The fourth-order valence-electron chi connectivity index (χ4n) is 5.93. The molecule has 38 heavy (non-hydrogen) atoms. The highest BCUT2D eigenvalue weighted by atomic mass is 32.2. The number of carbonyl (C=O) groups is 2. The maximum Gasteiger partial charge on any atom is 0.326 e. The van der Waals surface area contributed by atoms with Gasteiger partial charge >= 0.3 is 6.03 Å². The van der Waals surface area contributed by atoms with Crippen molar-refractivity contribution in [1.29, 1.82) is 0 Å². The molecule has 4 heterocycles. The van der Waals surface area contributed by atoms with Gasteiger partial charge in [-0.1, -0.05) is 30.0 Å². The number of carbonyl (C=O) groups excluding carboxylic acids is 2. The van der Waals surface area contributed by atoms with E-state index in [4.69, 9.17) is 9.47 Å². The number of benzene rings is 2. The van der Waals surface area contributed by atoms with Crippen molar-refractivity contribution in [2.24, 2.45) is 5.92 Å². The highest BCUT2D eigenvalue weighted by Gasteiger charge is 2.52. The molecule has 3 unspecified atom stereocenters. The third-order valence-corrected chi connectivity index (χ3v) is 9.09. The number of nitrogens with one attached hydrogen (secondary N) is 4. The number of piperidine rings is 2. The number of urea groups is 1. The maximum atomic E-state index is 13.6. The Bertz CT molecular complexity index is 1260. The molecule has 9 nitrogen and oxygen atoms in total. The Kier molecular flexibility index (Phi) is 7.05. The summed E-state index contributed by atoms with van der Waals surface area (Å²) in [4.78, 5) is 29.4. The van der Waals surface area contributed by atoms with Gasteiger partial charge in [-0.25, -0.2) is 4.79 Å². The first-order valence-electron chi connectivity index (χ1n) is 13.1. The van der Waals surface area contributed by atoms with Crippen molar-refractivity contribution in [3.8, 4) is 11.5 Å². The van der Waals surface area contributed by atoms with Gasteiger partial charge in [0.25, 0.3) is 5.91 Å². The molecule has 4 N–H and O–H groups in total. The Morgan fingerprint density at radius 3 is 2.76 bits per heavy atom. The number of thioether (sulfide) groups is 1. The predicted molar refractivity (Wildman–Crippen MR) is 147 cm³/mol. The summed E-state index contributed by atoms with van der Waals surface area (Å²) in [5.41, 5.74) is 2.55. The molecule has 200 valence electrons. The molecule has 0 radical (unpaired) electrons. The SMILES string of the molecule is CO[C@H]1CNC[C@H](NC(=O)C2=C3NC(=O)N(c4ccc(Oc5ccccc5)cc4C)C4CCNC(S2)C34)C1. The molecule has 3 fully saturated rings. The molecule has 5 atom stereocenters. The number of hydrogen-bond acceptors (Lipinski definition) is 7. The lowest BCUT2D eigenvalue weighted by molar-refractivity contribution is -0.117. The van der Waals surface area contributed by atoms with Crippen LogP contribution in [-0.2, 0) is 9.53 Å². The summed E-state index contributed by atoms with van der Waals surface area (Å²) in [5.74, 6) is 1.36. The molecule has 4 aliphatic rings. The normalized spacial score (nSPS) is 28.5. The third-order valence-electron chi connectivity index (χ3n) is 7.73. The van der Waals surface area contributed by atoms with Crippen LogP contribution in [0.2, 0.25) is 0 Å². The monoisotopic (exact) mass is 535 g/mol. The molecule has 2 aromatic rings. The number of anilines is 1. The summed E-state index contributed by atoms with van der Waals surface area (Å²) in [6.07, 6.45) is 1.64. The number of rotatable bonds is 6. The highest BCUT2D eigenvalue weighted by molar-refractivity contribution is 8.04. The van der Waals surface area contributed by atoms with Crippen LogP contribution in [0.5, 0.6) is 11.5 Å². The van der Waals surface area contributed by atoms with E-state index in [1.807, 2.05) is 60.4 Å². The Labute approximate surface area is 226 Å². The molecule has 0 aromatic heterocycles. The molecule has 6 rings (SSSR count). The average molecular weight is 536 g/mol. The van der Waals surface area contributed by atoms with Gasteiger partial charge < -0.3 is 30.7 Å². The van der Waals surface area contributed by atoms with E-state index < -0.39 is 0 Å². The van der Waals surface area contributed by atoms with Gasteiger partial charge in [-0.15, -0.1) is 0 Å². The van der Waals surface area contributed by atoms with Crippen molar-refractivity contribution < 1.29 is 19.1 Å². The van der Waals surface area contributed by atoms with Gasteiger partial charge in [0.15, 0.2) is 0 Å². The molecule has 0 bridgehead atoms. The lowest BCUT2D eigenvalue weighted by atomic mass is 9.86. The lowest BCUT2D eigenvalue weighted by Gasteiger charge is -2.46. The Morgan fingerprint density at radius 2 is 1.97 bits per heavy atom. The summed E-state index contributed by atoms with van der Waals surface area (Å²) in [5, 5.41) is 13.2. The zero-order valence-corrected chi connectivity index (χ0v) is 22.3. The van der Waals surface area contributed by atoms with Crippen LogP contribution in [0.4, 0.5) is 10.5 Å². The highest BCUT2D eigenvalue weighted by Crippen LogP contribution is 2.48. The number of para-hydroxylation sites is 1. The van der Waals surface area contributed by atoms with E-state index in [2.05, 4.69) is 21.3 Å². The number of aryl methyl sites for hydroxylation is 1. The minimum Gasteiger partial charge on any atom is -0.457 e. The van der Waals surface area contributed by atoms with Gasteiger partial charge in [-0.05, 0) is 62.2 Å². The number of nitrogens with zero attached hydrogens (tertiary/aromatic N) is 1. The number of hydrogen-bond donors (Lipinski definition) is 4. The first kappa shape index (κ1) is 25.2. The van der Waals surface area contributed by atoms with Crippen molar-refractivity contribution in [3.05, 3.63) is 64.7 Å². The molecule has 3 saturated heterocycles. The fourth-order valence-corrected chi connectivity index (χ4v) is 7.33. The van der Waals surface area contributed by atoms with Crippen LogP contribution < -0.4 is 30.9 Å². The van der Waals surface area contributed by atoms with Gasteiger partial charge in [0.05, 0.1) is 22.4 Å². The van der Waals surface area contributed by atoms with E-state index >= 15 is 0 Å². The van der Waals surface area contributed by atoms with Crippen LogP contribution in [0.3, 0.4) is 0 Å². The van der Waals surface area contributed by atoms with Crippen LogP contribution in [0.15, 0.2) is 59.1 Å². The molecule has 0 saturated carbocycles.